The summed E-state index contributed by atoms with van der Waals surface area (Å²) in [6.45, 7) is 3.48. The molecule has 0 spiro atoms. The Morgan fingerprint density at radius 2 is 1.73 bits per heavy atom. The number of ether oxygens (including phenoxy) is 1. The largest absolute Gasteiger partial charge is 0.484 e. The lowest BCUT2D eigenvalue weighted by Gasteiger charge is -2.11. The van der Waals surface area contributed by atoms with Crippen LogP contribution in [0.1, 0.15) is 19.4 Å². The molecule has 0 unspecified atom stereocenters. The van der Waals surface area contributed by atoms with Crippen LogP contribution < -0.4 is 15.4 Å². The zero-order valence-electron chi connectivity index (χ0n) is 14.8. The fraction of sp³-hybridized carbons (Fsp3) is 0.250. The molecule has 26 heavy (non-hydrogen) atoms. The van der Waals surface area contributed by atoms with Crippen LogP contribution in [0.3, 0.4) is 0 Å². The maximum Gasteiger partial charge on any atom is 0.262 e. The second-order valence-electron chi connectivity index (χ2n) is 6.04. The van der Waals surface area contributed by atoms with Crippen LogP contribution in [-0.2, 0) is 16.0 Å². The number of hydrogen-bond donors (Lipinski definition) is 2. The molecule has 0 saturated carbocycles. The second-order valence-corrected chi connectivity index (χ2v) is 6.04. The Balaban J connectivity index is 1.87. The summed E-state index contributed by atoms with van der Waals surface area (Å²) in [5, 5.41) is 14.2. The molecule has 134 valence electrons. The second kappa shape index (κ2) is 9.23. The molecule has 0 saturated heterocycles. The highest BCUT2D eigenvalue weighted by Gasteiger charge is 2.08. The third kappa shape index (κ3) is 5.95. The van der Waals surface area contributed by atoms with Crippen LogP contribution in [0.15, 0.2) is 48.5 Å². The average molecular weight is 351 g/mol. The van der Waals surface area contributed by atoms with Crippen LogP contribution in [0, 0.1) is 17.2 Å². The van der Waals surface area contributed by atoms with Gasteiger partial charge in [0.2, 0.25) is 5.91 Å². The Kier molecular flexibility index (Phi) is 6.75. The van der Waals surface area contributed by atoms with Crippen molar-refractivity contribution in [1.82, 2.24) is 0 Å². The topological polar surface area (TPSA) is 91.2 Å². The zero-order chi connectivity index (χ0) is 18.9. The highest BCUT2D eigenvalue weighted by molar-refractivity contribution is 5.95. The SMILES string of the molecule is CC(C)C(=O)Nc1cccc(NC(=O)COc2ccc(CC#N)cc2)c1. The molecule has 2 rings (SSSR count). The predicted octanol–water partition coefficient (Wildman–Crippen LogP) is 3.36. The van der Waals surface area contributed by atoms with Gasteiger partial charge in [-0.25, -0.2) is 0 Å². The van der Waals surface area contributed by atoms with Crippen LogP contribution in [0.2, 0.25) is 0 Å². The lowest BCUT2D eigenvalue weighted by Crippen LogP contribution is -2.21. The molecule has 6 nitrogen and oxygen atoms in total. The number of amides is 2. The first-order chi connectivity index (χ1) is 12.5. The molecule has 2 N–H and O–H groups in total. The lowest BCUT2D eigenvalue weighted by molar-refractivity contribution is -0.119. The standard InChI is InChI=1S/C20H21N3O3/c1-14(2)20(25)23-17-5-3-4-16(12-17)22-19(24)13-26-18-8-6-15(7-9-18)10-11-21/h3-9,12,14H,10,13H2,1-2H3,(H,22,24)(H,23,25). The van der Waals surface area contributed by atoms with Crippen molar-refractivity contribution >= 4 is 23.2 Å². The highest BCUT2D eigenvalue weighted by atomic mass is 16.5. The molecule has 0 radical (unpaired) electrons. The minimum Gasteiger partial charge on any atom is -0.484 e. The van der Waals surface area contributed by atoms with Gasteiger partial charge in [0.25, 0.3) is 5.91 Å². The van der Waals surface area contributed by atoms with E-state index in [1.54, 1.807) is 48.5 Å². The Hall–Kier alpha value is -3.33. The van der Waals surface area contributed by atoms with Crippen molar-refractivity contribution in [2.24, 2.45) is 5.92 Å². The maximum absolute atomic E-state index is 12.0. The van der Waals surface area contributed by atoms with Gasteiger partial charge in [-0.3, -0.25) is 9.59 Å². The van der Waals surface area contributed by atoms with Gasteiger partial charge in [0.15, 0.2) is 6.61 Å². The third-order valence-electron chi connectivity index (χ3n) is 3.51. The Morgan fingerprint density at radius 3 is 2.35 bits per heavy atom. The number of hydrogen-bond acceptors (Lipinski definition) is 4. The van der Waals surface area contributed by atoms with Crippen LogP contribution in [0.25, 0.3) is 0 Å². The van der Waals surface area contributed by atoms with Gasteiger partial charge in [-0.1, -0.05) is 32.0 Å². The summed E-state index contributed by atoms with van der Waals surface area (Å²) >= 11 is 0. The van der Waals surface area contributed by atoms with Gasteiger partial charge < -0.3 is 15.4 Å². The smallest absolute Gasteiger partial charge is 0.262 e. The zero-order valence-corrected chi connectivity index (χ0v) is 14.8. The third-order valence-corrected chi connectivity index (χ3v) is 3.51. The highest BCUT2D eigenvalue weighted by Crippen LogP contribution is 2.16. The minimum atomic E-state index is -0.307. The molecule has 0 atom stereocenters. The monoisotopic (exact) mass is 351 g/mol. The molecular formula is C20H21N3O3. The molecule has 0 aliphatic heterocycles. The quantitative estimate of drug-likeness (QED) is 0.800. The minimum absolute atomic E-state index is 0.0864. The van der Waals surface area contributed by atoms with E-state index in [2.05, 4.69) is 16.7 Å². The van der Waals surface area contributed by atoms with Crippen LogP contribution >= 0.6 is 0 Å². The van der Waals surface area contributed by atoms with Crippen molar-refractivity contribution in [1.29, 1.82) is 5.26 Å². The van der Waals surface area contributed by atoms with E-state index in [0.717, 1.165) is 5.56 Å². The fourth-order valence-electron chi connectivity index (χ4n) is 2.10. The van der Waals surface area contributed by atoms with Gasteiger partial charge in [0, 0.05) is 17.3 Å². The van der Waals surface area contributed by atoms with Crippen molar-refractivity contribution in [3.05, 3.63) is 54.1 Å². The molecule has 0 bridgehead atoms. The first kappa shape index (κ1) is 19.0. The van der Waals surface area contributed by atoms with Crippen LogP contribution in [-0.4, -0.2) is 18.4 Å². The summed E-state index contributed by atoms with van der Waals surface area (Å²) in [5.74, 6) is 0.0380. The van der Waals surface area contributed by atoms with Crippen molar-refractivity contribution in [2.75, 3.05) is 17.2 Å². The molecule has 0 aromatic heterocycles. The van der Waals surface area contributed by atoms with Gasteiger partial charge in [0.05, 0.1) is 12.5 Å². The van der Waals surface area contributed by atoms with E-state index in [0.29, 0.717) is 23.5 Å². The molecule has 6 heteroatoms. The first-order valence-electron chi connectivity index (χ1n) is 8.27. The van der Waals surface area contributed by atoms with E-state index in [1.165, 1.54) is 0 Å². The number of rotatable bonds is 7. The van der Waals surface area contributed by atoms with E-state index in [4.69, 9.17) is 10.00 Å². The van der Waals surface area contributed by atoms with Gasteiger partial charge in [0.1, 0.15) is 5.75 Å². The van der Waals surface area contributed by atoms with E-state index in [-0.39, 0.29) is 24.3 Å². The number of anilines is 2. The summed E-state index contributed by atoms with van der Waals surface area (Å²) in [6, 6.07) is 16.0. The number of carbonyl (C=O) groups excluding carboxylic acids is 2. The average Bonchev–Trinajstić information content (AvgIpc) is 2.61. The van der Waals surface area contributed by atoms with Gasteiger partial charge in [-0.2, -0.15) is 5.26 Å². The molecule has 2 aromatic carbocycles. The number of carbonyl (C=O) groups is 2. The van der Waals surface area contributed by atoms with Crippen molar-refractivity contribution in [2.45, 2.75) is 20.3 Å². The lowest BCUT2D eigenvalue weighted by atomic mass is 10.2. The normalized spacial score (nSPS) is 10.1. The Bertz CT molecular complexity index is 808. The summed E-state index contributed by atoms with van der Waals surface area (Å²) in [6.07, 6.45) is 0.338. The van der Waals surface area contributed by atoms with Gasteiger partial charge >= 0.3 is 0 Å². The number of benzene rings is 2. The molecule has 0 fully saturated rings. The molecule has 2 aromatic rings. The summed E-state index contributed by atoms with van der Waals surface area (Å²) < 4.78 is 5.43. The predicted molar refractivity (Wildman–Crippen MR) is 99.8 cm³/mol. The molecule has 2 amide bonds. The van der Waals surface area contributed by atoms with Crippen LogP contribution in [0.5, 0.6) is 5.75 Å². The Labute approximate surface area is 152 Å². The molecule has 0 aliphatic rings. The summed E-state index contributed by atoms with van der Waals surface area (Å²) in [5.41, 5.74) is 2.09. The van der Waals surface area contributed by atoms with E-state index < -0.39 is 0 Å². The first-order valence-corrected chi connectivity index (χ1v) is 8.27. The van der Waals surface area contributed by atoms with Crippen molar-refractivity contribution in [3.63, 3.8) is 0 Å². The maximum atomic E-state index is 12.0. The molecule has 0 heterocycles. The van der Waals surface area contributed by atoms with Gasteiger partial charge in [-0.05, 0) is 35.9 Å². The number of nitrogens with one attached hydrogen (secondary N) is 2. The van der Waals surface area contributed by atoms with E-state index in [9.17, 15) is 9.59 Å². The van der Waals surface area contributed by atoms with Crippen molar-refractivity contribution < 1.29 is 14.3 Å². The van der Waals surface area contributed by atoms with Gasteiger partial charge in [-0.15, -0.1) is 0 Å². The summed E-state index contributed by atoms with van der Waals surface area (Å²) in [7, 11) is 0. The Morgan fingerprint density at radius 1 is 1.08 bits per heavy atom. The number of nitrogens with zero attached hydrogens (tertiary/aromatic N) is 1. The van der Waals surface area contributed by atoms with Crippen LogP contribution in [0.4, 0.5) is 11.4 Å². The van der Waals surface area contributed by atoms with E-state index >= 15 is 0 Å². The number of nitriles is 1. The fourth-order valence-corrected chi connectivity index (χ4v) is 2.10. The molecule has 0 aliphatic carbocycles. The summed E-state index contributed by atoms with van der Waals surface area (Å²) in [4.78, 5) is 23.8. The molecular weight excluding hydrogens is 330 g/mol. The van der Waals surface area contributed by atoms with E-state index in [1.807, 2.05) is 13.8 Å². The van der Waals surface area contributed by atoms with Crippen molar-refractivity contribution in [3.8, 4) is 11.8 Å².